The van der Waals surface area contributed by atoms with Crippen molar-refractivity contribution in [3.63, 3.8) is 0 Å². The molecule has 0 bridgehead atoms. The third-order valence-corrected chi connectivity index (χ3v) is 4.37. The van der Waals surface area contributed by atoms with Gasteiger partial charge in [-0.2, -0.15) is 13.2 Å². The fraction of sp³-hybridized carbons (Fsp3) is 0.800. The summed E-state index contributed by atoms with van der Waals surface area (Å²) in [5.41, 5.74) is 5.67. The quantitative estimate of drug-likeness (QED) is 0.900. The molecule has 1 aromatic rings. The molecule has 2 heterocycles. The van der Waals surface area contributed by atoms with Gasteiger partial charge in [0.1, 0.15) is 0 Å². The number of anilines is 1. The van der Waals surface area contributed by atoms with Crippen molar-refractivity contribution in [2.45, 2.75) is 19.5 Å². The lowest BCUT2D eigenvalue weighted by Gasteiger charge is -2.36. The highest BCUT2D eigenvalue weighted by atomic mass is 32.1. The van der Waals surface area contributed by atoms with Gasteiger partial charge in [-0.25, -0.2) is 0 Å². The van der Waals surface area contributed by atoms with Crippen LogP contribution >= 0.6 is 11.3 Å². The molecule has 0 spiro atoms. The minimum atomic E-state index is -4.41. The Balaban J connectivity index is 2.10. The SMILES string of the molecule is CC1CCN(c2nnc(C(F)(F)F)s2)CC1CN. The Bertz CT molecular complexity index is 406. The Kier molecular flexibility index (Phi) is 3.76. The van der Waals surface area contributed by atoms with Gasteiger partial charge in [0.15, 0.2) is 0 Å². The molecule has 0 saturated carbocycles. The molecule has 2 atom stereocenters. The molecule has 1 aliphatic rings. The third kappa shape index (κ3) is 2.74. The summed E-state index contributed by atoms with van der Waals surface area (Å²) in [4.78, 5) is 1.85. The van der Waals surface area contributed by atoms with E-state index in [1.807, 2.05) is 4.90 Å². The average Bonchev–Trinajstić information content (AvgIpc) is 2.78. The molecule has 2 N–H and O–H groups in total. The number of alkyl halides is 3. The maximum atomic E-state index is 12.4. The average molecular weight is 280 g/mol. The van der Waals surface area contributed by atoms with E-state index in [2.05, 4.69) is 17.1 Å². The van der Waals surface area contributed by atoms with Crippen LogP contribution in [0.3, 0.4) is 0 Å². The highest BCUT2D eigenvalue weighted by Crippen LogP contribution is 2.35. The van der Waals surface area contributed by atoms with Crippen molar-refractivity contribution >= 4 is 16.5 Å². The molecule has 0 aromatic carbocycles. The lowest BCUT2D eigenvalue weighted by Crippen LogP contribution is -2.42. The molecule has 1 saturated heterocycles. The highest BCUT2D eigenvalue weighted by Gasteiger charge is 2.37. The van der Waals surface area contributed by atoms with Crippen molar-refractivity contribution in [1.82, 2.24) is 10.2 Å². The van der Waals surface area contributed by atoms with Crippen molar-refractivity contribution in [3.05, 3.63) is 5.01 Å². The van der Waals surface area contributed by atoms with Crippen molar-refractivity contribution < 1.29 is 13.2 Å². The molecule has 2 rings (SSSR count). The Labute approximate surface area is 107 Å². The van der Waals surface area contributed by atoms with Crippen molar-refractivity contribution in [1.29, 1.82) is 0 Å². The number of halogens is 3. The van der Waals surface area contributed by atoms with Crippen LogP contribution in [0.4, 0.5) is 18.3 Å². The summed E-state index contributed by atoms with van der Waals surface area (Å²) in [7, 11) is 0. The van der Waals surface area contributed by atoms with Gasteiger partial charge in [-0.3, -0.25) is 0 Å². The van der Waals surface area contributed by atoms with Crippen LogP contribution < -0.4 is 10.6 Å². The highest BCUT2D eigenvalue weighted by molar-refractivity contribution is 7.15. The summed E-state index contributed by atoms with van der Waals surface area (Å²) in [5, 5.41) is 6.29. The van der Waals surface area contributed by atoms with Gasteiger partial charge in [0.25, 0.3) is 0 Å². The van der Waals surface area contributed by atoms with E-state index < -0.39 is 11.2 Å². The largest absolute Gasteiger partial charge is 0.445 e. The van der Waals surface area contributed by atoms with Gasteiger partial charge >= 0.3 is 6.18 Å². The lowest BCUT2D eigenvalue weighted by atomic mass is 9.87. The second-order valence-corrected chi connectivity index (χ2v) is 5.55. The molecule has 1 aliphatic heterocycles. The molecule has 4 nitrogen and oxygen atoms in total. The number of nitrogens with zero attached hydrogens (tertiary/aromatic N) is 3. The molecule has 1 fully saturated rings. The number of hydrogen-bond donors (Lipinski definition) is 1. The molecule has 0 aliphatic carbocycles. The Morgan fingerprint density at radius 1 is 1.44 bits per heavy atom. The zero-order valence-electron chi connectivity index (χ0n) is 9.94. The van der Waals surface area contributed by atoms with Crippen molar-refractivity contribution in [2.75, 3.05) is 24.5 Å². The van der Waals surface area contributed by atoms with E-state index in [1.54, 1.807) is 0 Å². The lowest BCUT2D eigenvalue weighted by molar-refractivity contribution is -0.138. The Morgan fingerprint density at radius 2 is 2.17 bits per heavy atom. The van der Waals surface area contributed by atoms with Gasteiger partial charge in [0.05, 0.1) is 0 Å². The predicted molar refractivity (Wildman–Crippen MR) is 63.4 cm³/mol. The third-order valence-electron chi connectivity index (χ3n) is 3.34. The first kappa shape index (κ1) is 13.5. The summed E-state index contributed by atoms with van der Waals surface area (Å²) in [6, 6.07) is 0. The van der Waals surface area contributed by atoms with E-state index in [-0.39, 0.29) is 0 Å². The monoisotopic (exact) mass is 280 g/mol. The van der Waals surface area contributed by atoms with Crippen molar-refractivity contribution in [3.8, 4) is 0 Å². The number of rotatable bonds is 2. The first-order valence-electron chi connectivity index (χ1n) is 5.77. The van der Waals surface area contributed by atoms with Crippen LogP contribution in [-0.4, -0.2) is 29.8 Å². The molecule has 0 amide bonds. The van der Waals surface area contributed by atoms with Gasteiger partial charge in [-0.05, 0) is 24.8 Å². The minimum absolute atomic E-state index is 0.303. The van der Waals surface area contributed by atoms with E-state index in [9.17, 15) is 13.2 Å². The summed E-state index contributed by atoms with van der Waals surface area (Å²) in [6.45, 7) is 4.03. The van der Waals surface area contributed by atoms with Crippen molar-refractivity contribution in [2.24, 2.45) is 17.6 Å². The second kappa shape index (κ2) is 5.00. The molecule has 2 unspecified atom stereocenters. The van der Waals surface area contributed by atoms with Crippen LogP contribution in [0.2, 0.25) is 0 Å². The van der Waals surface area contributed by atoms with E-state index >= 15 is 0 Å². The topological polar surface area (TPSA) is 55.0 Å². The van der Waals surface area contributed by atoms with E-state index in [0.717, 1.165) is 6.42 Å². The van der Waals surface area contributed by atoms with Crippen LogP contribution in [0.5, 0.6) is 0 Å². The first-order chi connectivity index (χ1) is 8.41. The molecule has 1 aromatic heterocycles. The van der Waals surface area contributed by atoms with Gasteiger partial charge < -0.3 is 10.6 Å². The minimum Gasteiger partial charge on any atom is -0.346 e. The van der Waals surface area contributed by atoms with Gasteiger partial charge in [-0.15, -0.1) is 10.2 Å². The summed E-state index contributed by atoms with van der Waals surface area (Å²) in [5.74, 6) is 0.804. The molecule has 8 heteroatoms. The van der Waals surface area contributed by atoms with Crippen LogP contribution in [0, 0.1) is 11.8 Å². The summed E-state index contributed by atoms with van der Waals surface area (Å²) >= 11 is 0.598. The van der Waals surface area contributed by atoms with E-state index in [1.165, 1.54) is 0 Å². The zero-order valence-corrected chi connectivity index (χ0v) is 10.8. The normalized spacial score (nSPS) is 25.5. The maximum absolute atomic E-state index is 12.4. The Morgan fingerprint density at radius 3 is 2.72 bits per heavy atom. The molecule has 18 heavy (non-hydrogen) atoms. The Hall–Kier alpha value is -0.890. The molecule has 102 valence electrons. The number of hydrogen-bond acceptors (Lipinski definition) is 5. The predicted octanol–water partition coefficient (Wildman–Crippen LogP) is 1.98. The second-order valence-electron chi connectivity index (χ2n) is 4.60. The molecular formula is C10H15F3N4S. The standard InChI is InChI=1S/C10H15F3N4S/c1-6-2-3-17(5-7(6)4-14)9-16-15-8(18-9)10(11,12)13/h6-7H,2-5,14H2,1H3. The molecule has 0 radical (unpaired) electrons. The fourth-order valence-corrected chi connectivity index (χ4v) is 2.83. The molecular weight excluding hydrogens is 265 g/mol. The van der Waals surface area contributed by atoms with E-state index in [0.29, 0.717) is 47.9 Å². The first-order valence-corrected chi connectivity index (χ1v) is 6.59. The van der Waals surface area contributed by atoms with Crippen LogP contribution in [0.15, 0.2) is 0 Å². The number of nitrogens with two attached hydrogens (primary N) is 1. The van der Waals surface area contributed by atoms with Crippen LogP contribution in [0.1, 0.15) is 18.4 Å². The van der Waals surface area contributed by atoms with Gasteiger partial charge in [-0.1, -0.05) is 18.3 Å². The van der Waals surface area contributed by atoms with E-state index in [4.69, 9.17) is 5.73 Å². The summed E-state index contributed by atoms with van der Waals surface area (Å²) < 4.78 is 37.3. The number of aromatic nitrogens is 2. The van der Waals surface area contributed by atoms with Crippen LogP contribution in [-0.2, 0) is 6.18 Å². The zero-order chi connectivity index (χ0) is 13.3. The van der Waals surface area contributed by atoms with Crippen LogP contribution in [0.25, 0.3) is 0 Å². The number of piperidine rings is 1. The summed E-state index contributed by atoms with van der Waals surface area (Å²) in [6.07, 6.45) is -3.49. The van der Waals surface area contributed by atoms with Gasteiger partial charge in [0, 0.05) is 13.1 Å². The fourth-order valence-electron chi connectivity index (χ4n) is 2.09. The maximum Gasteiger partial charge on any atom is 0.445 e. The van der Waals surface area contributed by atoms with Gasteiger partial charge in [0.2, 0.25) is 10.1 Å². The smallest absolute Gasteiger partial charge is 0.346 e.